The highest BCUT2D eigenvalue weighted by Gasteiger charge is 2.39. The number of nitrogens with one attached hydrogen (secondary N) is 1. The molecule has 4 rings (SSSR count). The number of hydrogen-bond donors (Lipinski definition) is 2. The van der Waals surface area contributed by atoms with Crippen LogP contribution in [0.5, 0.6) is 5.75 Å². The largest absolute Gasteiger partial charge is 0.492 e. The second kappa shape index (κ2) is 8.84. The summed E-state index contributed by atoms with van der Waals surface area (Å²) >= 11 is 6.64. The van der Waals surface area contributed by atoms with Gasteiger partial charge >= 0.3 is 0 Å². The summed E-state index contributed by atoms with van der Waals surface area (Å²) in [6, 6.07) is 13.4. The third-order valence-electron chi connectivity index (χ3n) is 5.26. The Morgan fingerprint density at radius 3 is 2.79 bits per heavy atom. The van der Waals surface area contributed by atoms with Crippen LogP contribution in [0, 0.1) is 0 Å². The highest BCUT2D eigenvalue weighted by Crippen LogP contribution is 2.39. The van der Waals surface area contributed by atoms with Crippen LogP contribution in [0.1, 0.15) is 30.4 Å². The third kappa shape index (κ3) is 4.23. The number of amides is 1. The number of ether oxygens (including phenoxy) is 1. The van der Waals surface area contributed by atoms with Crippen LogP contribution >= 0.6 is 11.6 Å². The molecule has 0 aliphatic carbocycles. The molecule has 1 fully saturated rings. The molecule has 0 saturated carbocycles. The second-order valence-corrected chi connectivity index (χ2v) is 7.64. The number of fused-ring (bicyclic) bond motifs is 2. The first-order chi connectivity index (χ1) is 14.2. The number of carbonyl (C=O) groups excluding carboxylic acids is 1. The molecular formula is C22H24ClN3O3. The Balaban J connectivity index is 1.50. The lowest BCUT2D eigenvalue weighted by Crippen LogP contribution is -2.38. The topological polar surface area (TPSA) is 74.2 Å². The summed E-state index contributed by atoms with van der Waals surface area (Å²) in [7, 11) is 0. The van der Waals surface area contributed by atoms with Crippen LogP contribution < -0.4 is 10.1 Å². The van der Waals surface area contributed by atoms with E-state index in [1.165, 1.54) is 0 Å². The van der Waals surface area contributed by atoms with Gasteiger partial charge in [0.25, 0.3) is 0 Å². The molecule has 29 heavy (non-hydrogen) atoms. The molecule has 0 radical (unpaired) electrons. The first kappa shape index (κ1) is 19.7. The molecule has 0 aromatic heterocycles. The molecule has 152 valence electrons. The maximum Gasteiger partial charge on any atom is 0.249 e. The quantitative estimate of drug-likeness (QED) is 0.650. The number of unbranched alkanes of at least 4 members (excludes halogenated alkanes) is 2. The number of hydrogen-bond acceptors (Lipinski definition) is 5. The molecule has 2 aliphatic heterocycles. The van der Waals surface area contributed by atoms with E-state index < -0.39 is 0 Å². The van der Waals surface area contributed by atoms with Crippen LogP contribution in [0.4, 0.5) is 5.69 Å². The van der Waals surface area contributed by atoms with Gasteiger partial charge in [0.2, 0.25) is 11.9 Å². The van der Waals surface area contributed by atoms with Gasteiger partial charge in [-0.25, -0.2) is 4.99 Å². The SMILES string of the molecule is O=C1NC2=Nc3ccc(OCCCCCO)c(Cl)c3CN2C1Cc1ccccc1. The van der Waals surface area contributed by atoms with E-state index in [-0.39, 0.29) is 18.6 Å². The number of aliphatic hydroxyl groups is 1. The average Bonchev–Trinajstić information content (AvgIpc) is 3.03. The first-order valence-corrected chi connectivity index (χ1v) is 10.3. The molecule has 1 saturated heterocycles. The van der Waals surface area contributed by atoms with Crippen molar-refractivity contribution in [3.8, 4) is 5.75 Å². The molecule has 2 N–H and O–H groups in total. The third-order valence-corrected chi connectivity index (χ3v) is 5.67. The summed E-state index contributed by atoms with van der Waals surface area (Å²) in [6.45, 7) is 1.26. The Kier molecular flexibility index (Phi) is 6.02. The molecule has 2 aliphatic rings. The monoisotopic (exact) mass is 413 g/mol. The predicted octanol–water partition coefficient (Wildman–Crippen LogP) is 3.43. The van der Waals surface area contributed by atoms with Crippen LogP contribution in [0.25, 0.3) is 0 Å². The molecule has 2 aromatic rings. The number of rotatable bonds is 8. The van der Waals surface area contributed by atoms with Gasteiger partial charge in [0, 0.05) is 18.6 Å². The number of aliphatic imine (C=N–C) groups is 1. The summed E-state index contributed by atoms with van der Waals surface area (Å²) in [5.41, 5.74) is 2.73. The summed E-state index contributed by atoms with van der Waals surface area (Å²) < 4.78 is 5.84. The van der Waals surface area contributed by atoms with Crippen molar-refractivity contribution in [1.29, 1.82) is 0 Å². The first-order valence-electron chi connectivity index (χ1n) is 9.92. The van der Waals surface area contributed by atoms with Crippen molar-refractivity contribution < 1.29 is 14.6 Å². The van der Waals surface area contributed by atoms with Crippen molar-refractivity contribution in [1.82, 2.24) is 10.2 Å². The van der Waals surface area contributed by atoms with E-state index in [0.717, 1.165) is 36.1 Å². The van der Waals surface area contributed by atoms with E-state index in [9.17, 15) is 4.79 Å². The minimum Gasteiger partial charge on any atom is -0.492 e. The minimum atomic E-state index is -0.316. The van der Waals surface area contributed by atoms with Gasteiger partial charge in [-0.2, -0.15) is 0 Å². The summed E-state index contributed by atoms with van der Waals surface area (Å²) in [6.07, 6.45) is 3.16. The Morgan fingerprint density at radius 2 is 2.00 bits per heavy atom. The number of halogens is 1. The minimum absolute atomic E-state index is 0.0445. The molecule has 6 nitrogen and oxygen atoms in total. The van der Waals surface area contributed by atoms with Gasteiger partial charge < -0.3 is 14.7 Å². The fraction of sp³-hybridized carbons (Fsp3) is 0.364. The average molecular weight is 414 g/mol. The Labute approximate surface area is 175 Å². The van der Waals surface area contributed by atoms with E-state index in [2.05, 4.69) is 10.3 Å². The summed E-state index contributed by atoms with van der Waals surface area (Å²) in [4.78, 5) is 19.2. The zero-order valence-electron chi connectivity index (χ0n) is 16.1. The molecule has 2 aromatic carbocycles. The molecule has 2 heterocycles. The van der Waals surface area contributed by atoms with Gasteiger partial charge in [-0.15, -0.1) is 0 Å². The predicted molar refractivity (Wildman–Crippen MR) is 113 cm³/mol. The van der Waals surface area contributed by atoms with E-state index >= 15 is 0 Å². The second-order valence-electron chi connectivity index (χ2n) is 7.27. The van der Waals surface area contributed by atoms with Gasteiger partial charge in [-0.1, -0.05) is 41.9 Å². The maximum atomic E-state index is 12.6. The van der Waals surface area contributed by atoms with E-state index in [1.54, 1.807) is 0 Å². The van der Waals surface area contributed by atoms with Crippen LogP contribution in [0.3, 0.4) is 0 Å². The van der Waals surface area contributed by atoms with Gasteiger partial charge in [0.05, 0.1) is 23.9 Å². The van der Waals surface area contributed by atoms with Crippen LogP contribution in [0.15, 0.2) is 47.5 Å². The highest BCUT2D eigenvalue weighted by molar-refractivity contribution is 6.33. The van der Waals surface area contributed by atoms with Crippen molar-refractivity contribution >= 4 is 29.2 Å². The molecule has 0 spiro atoms. The summed E-state index contributed by atoms with van der Waals surface area (Å²) in [5, 5.41) is 12.3. The lowest BCUT2D eigenvalue weighted by molar-refractivity contribution is -0.121. The van der Waals surface area contributed by atoms with Crippen molar-refractivity contribution in [3.05, 3.63) is 58.6 Å². The number of benzene rings is 2. The van der Waals surface area contributed by atoms with Crippen molar-refractivity contribution in [3.63, 3.8) is 0 Å². The van der Waals surface area contributed by atoms with E-state index in [1.807, 2.05) is 47.4 Å². The van der Waals surface area contributed by atoms with Crippen molar-refractivity contribution in [2.75, 3.05) is 13.2 Å². The highest BCUT2D eigenvalue weighted by atomic mass is 35.5. The molecule has 7 heteroatoms. The van der Waals surface area contributed by atoms with Gasteiger partial charge in [-0.05, 0) is 37.0 Å². The number of guanidine groups is 1. The lowest BCUT2D eigenvalue weighted by Gasteiger charge is -2.29. The maximum absolute atomic E-state index is 12.6. The molecule has 1 amide bonds. The van der Waals surface area contributed by atoms with Crippen molar-refractivity contribution in [2.24, 2.45) is 4.99 Å². The molecule has 0 bridgehead atoms. The van der Waals surface area contributed by atoms with E-state index in [4.69, 9.17) is 21.4 Å². The van der Waals surface area contributed by atoms with Crippen LogP contribution in [0.2, 0.25) is 5.02 Å². The van der Waals surface area contributed by atoms with Gasteiger partial charge in [0.15, 0.2) is 0 Å². The van der Waals surface area contributed by atoms with Gasteiger partial charge in [-0.3, -0.25) is 10.1 Å². The van der Waals surface area contributed by atoms with Crippen molar-refractivity contribution in [2.45, 2.75) is 38.3 Å². The number of aliphatic hydroxyl groups excluding tert-OH is 1. The fourth-order valence-electron chi connectivity index (χ4n) is 3.69. The Hall–Kier alpha value is -2.57. The zero-order chi connectivity index (χ0) is 20.2. The molecule has 1 unspecified atom stereocenters. The van der Waals surface area contributed by atoms with Crippen LogP contribution in [-0.4, -0.2) is 41.1 Å². The Morgan fingerprint density at radius 1 is 1.17 bits per heavy atom. The van der Waals surface area contributed by atoms with Gasteiger partial charge in [0.1, 0.15) is 11.8 Å². The standard InChI is InChI=1S/C22H24ClN3O3/c23-20-16-14-26-18(13-15-7-3-1-4-8-15)21(28)25-22(26)24-17(16)9-10-19(20)29-12-6-2-5-11-27/h1,3-4,7-10,18,27H,2,5-6,11-14H2,(H,24,25,28). The number of nitrogens with zero attached hydrogens (tertiary/aromatic N) is 2. The van der Waals surface area contributed by atoms with Crippen LogP contribution in [-0.2, 0) is 17.8 Å². The summed E-state index contributed by atoms with van der Waals surface area (Å²) in [5.74, 6) is 1.17. The van der Waals surface area contributed by atoms with E-state index in [0.29, 0.717) is 36.3 Å². The zero-order valence-corrected chi connectivity index (χ0v) is 16.9. The molecule has 1 atom stereocenters. The fourth-order valence-corrected chi connectivity index (χ4v) is 3.96. The number of carbonyl (C=O) groups is 1. The lowest BCUT2D eigenvalue weighted by atomic mass is 10.0. The normalized spacial score (nSPS) is 17.4. The smallest absolute Gasteiger partial charge is 0.249 e. The molecular weight excluding hydrogens is 390 g/mol. The Bertz CT molecular complexity index is 917.